The number of hydrogen-bond donors (Lipinski definition) is 0. The van der Waals surface area contributed by atoms with Crippen LogP contribution < -0.4 is 0 Å². The van der Waals surface area contributed by atoms with E-state index in [4.69, 9.17) is 34.3 Å². The van der Waals surface area contributed by atoms with Gasteiger partial charge < -0.3 is 4.42 Å². The van der Waals surface area contributed by atoms with Crippen LogP contribution in [0, 0.1) is 0 Å². The van der Waals surface area contributed by atoms with E-state index in [-0.39, 0.29) is 0 Å². The molecule has 0 atom stereocenters. The van der Waals surface area contributed by atoms with Crippen molar-refractivity contribution in [1.82, 2.24) is 29.9 Å². The first-order valence-electron chi connectivity index (χ1n) is 19.4. The van der Waals surface area contributed by atoms with Gasteiger partial charge >= 0.3 is 0 Å². The molecule has 59 heavy (non-hydrogen) atoms. The number of fused-ring (bicyclic) bond motifs is 4. The second kappa shape index (κ2) is 14.4. The Morgan fingerprint density at radius 2 is 0.864 bits per heavy atom. The van der Waals surface area contributed by atoms with Crippen LogP contribution in [0.2, 0.25) is 0 Å². The molecule has 7 aromatic carbocycles. The molecule has 0 aliphatic heterocycles. The van der Waals surface area contributed by atoms with E-state index in [0.717, 1.165) is 77.4 Å². The molecule has 11 rings (SSSR count). The van der Waals surface area contributed by atoms with E-state index >= 15 is 0 Å². The summed E-state index contributed by atoms with van der Waals surface area (Å²) in [7, 11) is 0. The summed E-state index contributed by atoms with van der Waals surface area (Å²) in [5.41, 5.74) is 11.5. The van der Waals surface area contributed by atoms with E-state index in [2.05, 4.69) is 78.9 Å². The van der Waals surface area contributed by atoms with Crippen molar-refractivity contribution < 1.29 is 4.42 Å². The van der Waals surface area contributed by atoms with E-state index in [1.807, 2.05) is 115 Å². The molecule has 0 unspecified atom stereocenters. The summed E-state index contributed by atoms with van der Waals surface area (Å²) in [5, 5.41) is 2.99. The Kier molecular flexibility index (Phi) is 8.33. The maximum Gasteiger partial charge on any atom is 0.229 e. The standard InChI is InChI=1S/C52H32N6O/c1-5-14-33(15-6-1)41-31-44-46-47(59-52(44)53-32-41)45(35-16-7-2-8-17-35)54-48(55-46)38-26-24-34(25-27-38)39-28-29-42-40(30-39)22-13-23-43(42)51-57-49(36-18-9-3-10-19-36)56-50(58-51)37-20-11-4-12-21-37/h1-32H. The third kappa shape index (κ3) is 6.37. The first-order valence-corrected chi connectivity index (χ1v) is 19.4. The van der Waals surface area contributed by atoms with Gasteiger partial charge in [-0.3, -0.25) is 0 Å². The smallest absolute Gasteiger partial charge is 0.229 e. The van der Waals surface area contributed by atoms with Gasteiger partial charge in [-0.15, -0.1) is 0 Å². The third-order valence-corrected chi connectivity index (χ3v) is 10.6. The van der Waals surface area contributed by atoms with E-state index in [1.165, 1.54) is 0 Å². The molecule has 7 heteroatoms. The summed E-state index contributed by atoms with van der Waals surface area (Å²) in [6.45, 7) is 0. The van der Waals surface area contributed by atoms with Gasteiger partial charge in [-0.05, 0) is 39.6 Å². The largest absolute Gasteiger partial charge is 0.434 e. The van der Waals surface area contributed by atoms with Gasteiger partial charge in [0.25, 0.3) is 0 Å². The molecule has 11 aromatic rings. The monoisotopic (exact) mass is 756 g/mol. The van der Waals surface area contributed by atoms with Gasteiger partial charge in [-0.2, -0.15) is 0 Å². The topological polar surface area (TPSA) is 90.5 Å². The van der Waals surface area contributed by atoms with E-state index in [1.54, 1.807) is 0 Å². The molecule has 0 radical (unpaired) electrons. The van der Waals surface area contributed by atoms with E-state index in [9.17, 15) is 0 Å². The number of aromatic nitrogens is 6. The lowest BCUT2D eigenvalue weighted by molar-refractivity contribution is 0.653. The highest BCUT2D eigenvalue weighted by Crippen LogP contribution is 2.37. The molecule has 0 amide bonds. The molecule has 0 saturated carbocycles. The van der Waals surface area contributed by atoms with Crippen LogP contribution >= 0.6 is 0 Å². The lowest BCUT2D eigenvalue weighted by Gasteiger charge is -2.11. The van der Waals surface area contributed by atoms with Gasteiger partial charge in [0.05, 0.1) is 5.39 Å². The van der Waals surface area contributed by atoms with Gasteiger partial charge in [0, 0.05) is 39.6 Å². The van der Waals surface area contributed by atoms with Crippen LogP contribution in [0.5, 0.6) is 0 Å². The molecule has 0 aliphatic carbocycles. The molecule has 0 aliphatic rings. The number of rotatable bonds is 7. The summed E-state index contributed by atoms with van der Waals surface area (Å²) in [6.07, 6.45) is 1.85. The first-order chi connectivity index (χ1) is 29.2. The second-order valence-electron chi connectivity index (χ2n) is 14.3. The Morgan fingerprint density at radius 3 is 1.53 bits per heavy atom. The van der Waals surface area contributed by atoms with Crippen molar-refractivity contribution in [2.24, 2.45) is 0 Å². The Bertz CT molecular complexity index is 3240. The highest BCUT2D eigenvalue weighted by atomic mass is 16.3. The average molecular weight is 757 g/mol. The molecular weight excluding hydrogens is 725 g/mol. The Labute approximate surface area is 339 Å². The number of hydrogen-bond acceptors (Lipinski definition) is 7. The van der Waals surface area contributed by atoms with Crippen LogP contribution in [0.4, 0.5) is 0 Å². The molecule has 276 valence electrons. The van der Waals surface area contributed by atoms with Gasteiger partial charge in [0.15, 0.2) is 28.9 Å². The maximum atomic E-state index is 6.37. The van der Waals surface area contributed by atoms with Crippen molar-refractivity contribution in [2.45, 2.75) is 0 Å². The van der Waals surface area contributed by atoms with Crippen molar-refractivity contribution in [2.75, 3.05) is 0 Å². The third-order valence-electron chi connectivity index (χ3n) is 10.6. The molecule has 0 fully saturated rings. The number of benzene rings is 7. The Balaban J connectivity index is 0.975. The Hall–Kier alpha value is -8.16. The minimum atomic E-state index is 0.530. The first kappa shape index (κ1) is 34.1. The highest BCUT2D eigenvalue weighted by molar-refractivity contribution is 6.07. The molecule has 0 spiro atoms. The fraction of sp³-hybridized carbons (Fsp3) is 0. The summed E-state index contributed by atoms with van der Waals surface area (Å²) in [6, 6.07) is 63.8. The van der Waals surface area contributed by atoms with Gasteiger partial charge in [0.2, 0.25) is 5.71 Å². The SMILES string of the molecule is c1ccc(-c2cnc3oc4c(-c5ccccc5)nc(-c5ccc(-c6ccc7c(-c8nc(-c9ccccc9)nc(-c9ccccc9)n8)cccc7c6)cc5)nc4c3c2)cc1. The average Bonchev–Trinajstić information content (AvgIpc) is 3.70. The minimum Gasteiger partial charge on any atom is -0.434 e. The lowest BCUT2D eigenvalue weighted by Crippen LogP contribution is -2.00. The van der Waals surface area contributed by atoms with Crippen molar-refractivity contribution in [3.05, 3.63) is 194 Å². The zero-order valence-corrected chi connectivity index (χ0v) is 31.6. The predicted octanol–water partition coefficient (Wildman–Crippen LogP) is 12.8. The molecular formula is C52H32N6O. The number of nitrogens with zero attached hydrogens (tertiary/aromatic N) is 6. The van der Waals surface area contributed by atoms with Crippen LogP contribution in [0.15, 0.2) is 199 Å². The Morgan fingerprint density at radius 1 is 0.339 bits per heavy atom. The molecule has 7 nitrogen and oxygen atoms in total. The number of pyridine rings is 1. The van der Waals surface area contributed by atoms with Crippen LogP contribution in [-0.2, 0) is 0 Å². The van der Waals surface area contributed by atoms with Crippen molar-refractivity contribution in [3.8, 4) is 79.1 Å². The van der Waals surface area contributed by atoms with E-state index < -0.39 is 0 Å². The van der Waals surface area contributed by atoms with Crippen molar-refractivity contribution in [1.29, 1.82) is 0 Å². The predicted molar refractivity (Wildman–Crippen MR) is 236 cm³/mol. The summed E-state index contributed by atoms with van der Waals surface area (Å²) < 4.78 is 6.37. The minimum absolute atomic E-state index is 0.530. The lowest BCUT2D eigenvalue weighted by atomic mass is 9.97. The van der Waals surface area contributed by atoms with E-state index in [0.29, 0.717) is 34.6 Å². The molecule has 0 bridgehead atoms. The fourth-order valence-corrected chi connectivity index (χ4v) is 7.64. The van der Waals surface area contributed by atoms with Gasteiger partial charge in [-0.1, -0.05) is 176 Å². The van der Waals surface area contributed by atoms with Gasteiger partial charge in [-0.25, -0.2) is 29.9 Å². The summed E-state index contributed by atoms with van der Waals surface area (Å²) in [4.78, 5) is 29.8. The van der Waals surface area contributed by atoms with Gasteiger partial charge in [0.1, 0.15) is 11.2 Å². The highest BCUT2D eigenvalue weighted by Gasteiger charge is 2.20. The molecule has 0 N–H and O–H groups in total. The summed E-state index contributed by atoms with van der Waals surface area (Å²) >= 11 is 0. The van der Waals surface area contributed by atoms with Crippen LogP contribution in [-0.4, -0.2) is 29.9 Å². The fourth-order valence-electron chi connectivity index (χ4n) is 7.64. The normalized spacial score (nSPS) is 11.4. The second-order valence-corrected chi connectivity index (χ2v) is 14.3. The zero-order valence-electron chi connectivity index (χ0n) is 31.6. The quantitative estimate of drug-likeness (QED) is 0.160. The molecule has 0 saturated heterocycles. The number of furan rings is 1. The van der Waals surface area contributed by atoms with Crippen molar-refractivity contribution in [3.63, 3.8) is 0 Å². The zero-order chi connectivity index (χ0) is 39.1. The maximum absolute atomic E-state index is 6.37. The molecule has 4 heterocycles. The van der Waals surface area contributed by atoms with Crippen molar-refractivity contribution >= 4 is 33.0 Å². The summed E-state index contributed by atoms with van der Waals surface area (Å²) in [5.74, 6) is 2.51. The van der Waals surface area contributed by atoms with Crippen LogP contribution in [0.1, 0.15) is 0 Å². The van der Waals surface area contributed by atoms with Crippen LogP contribution in [0.3, 0.4) is 0 Å². The van der Waals surface area contributed by atoms with Crippen LogP contribution in [0.25, 0.3) is 112 Å². The molecule has 4 aromatic heterocycles.